The molecule has 1 fully saturated rings. The van der Waals surface area contributed by atoms with Crippen molar-refractivity contribution in [1.82, 2.24) is 5.32 Å². The zero-order chi connectivity index (χ0) is 11.5. The summed E-state index contributed by atoms with van der Waals surface area (Å²) in [6.45, 7) is 0. The molecule has 0 radical (unpaired) electrons. The number of carboxylic acid groups (broad SMARTS) is 1. The van der Waals surface area contributed by atoms with E-state index >= 15 is 0 Å². The van der Waals surface area contributed by atoms with E-state index in [-0.39, 0.29) is 12.1 Å². The smallest absolute Gasteiger partial charge is 0.320 e. The van der Waals surface area contributed by atoms with Crippen LogP contribution in [-0.2, 0) is 11.2 Å². The molecular weight excluding hydrogens is 226 g/mol. The molecular formula is C12H14ClNO2. The van der Waals surface area contributed by atoms with Crippen LogP contribution in [0.2, 0.25) is 5.02 Å². The normalized spacial score (nSPS) is 24.6. The summed E-state index contributed by atoms with van der Waals surface area (Å²) in [5.74, 6) is -0.751. The fourth-order valence-electron chi connectivity index (χ4n) is 2.08. The third kappa shape index (κ3) is 2.74. The van der Waals surface area contributed by atoms with E-state index in [1.54, 1.807) is 0 Å². The summed E-state index contributed by atoms with van der Waals surface area (Å²) in [5.41, 5.74) is 1.19. The summed E-state index contributed by atoms with van der Waals surface area (Å²) in [6, 6.07) is 7.58. The van der Waals surface area contributed by atoms with Crippen molar-refractivity contribution in [3.8, 4) is 0 Å². The van der Waals surface area contributed by atoms with Gasteiger partial charge in [-0.1, -0.05) is 23.7 Å². The molecule has 1 saturated heterocycles. The van der Waals surface area contributed by atoms with Crippen LogP contribution in [0.1, 0.15) is 18.4 Å². The minimum Gasteiger partial charge on any atom is -0.480 e. The molecule has 3 nitrogen and oxygen atoms in total. The number of hydrogen-bond acceptors (Lipinski definition) is 2. The number of halogens is 1. The maximum atomic E-state index is 10.8. The number of carboxylic acids is 1. The molecule has 0 bridgehead atoms. The van der Waals surface area contributed by atoms with Crippen molar-refractivity contribution in [3.05, 3.63) is 34.9 Å². The van der Waals surface area contributed by atoms with E-state index in [0.29, 0.717) is 6.42 Å². The fraction of sp³-hybridized carbons (Fsp3) is 0.417. The minimum absolute atomic E-state index is 0.266. The van der Waals surface area contributed by atoms with E-state index in [1.165, 1.54) is 5.56 Å². The van der Waals surface area contributed by atoms with Gasteiger partial charge >= 0.3 is 5.97 Å². The first-order valence-electron chi connectivity index (χ1n) is 5.38. The fourth-order valence-corrected chi connectivity index (χ4v) is 2.21. The second-order valence-electron chi connectivity index (χ2n) is 4.16. The molecule has 2 N–H and O–H groups in total. The largest absolute Gasteiger partial charge is 0.480 e. The van der Waals surface area contributed by atoms with Gasteiger partial charge in [0.2, 0.25) is 0 Å². The Morgan fingerprint density at radius 1 is 1.38 bits per heavy atom. The van der Waals surface area contributed by atoms with Gasteiger partial charge in [0, 0.05) is 11.1 Å². The third-order valence-electron chi connectivity index (χ3n) is 2.93. The molecule has 0 amide bonds. The number of carbonyl (C=O) groups is 1. The van der Waals surface area contributed by atoms with Gasteiger partial charge in [0.1, 0.15) is 6.04 Å². The van der Waals surface area contributed by atoms with Crippen LogP contribution >= 0.6 is 11.6 Å². The molecule has 1 aliphatic rings. The van der Waals surface area contributed by atoms with Crippen molar-refractivity contribution in [3.63, 3.8) is 0 Å². The standard InChI is InChI=1S/C12H14ClNO2/c13-9-3-1-8(2-4-9)7-10-5-6-11(14-10)12(15)16/h1-4,10-11,14H,5-7H2,(H,15,16). The van der Waals surface area contributed by atoms with Crippen LogP contribution in [-0.4, -0.2) is 23.2 Å². The third-order valence-corrected chi connectivity index (χ3v) is 3.19. The molecule has 1 heterocycles. The number of nitrogens with one attached hydrogen (secondary N) is 1. The molecule has 1 aliphatic heterocycles. The molecule has 4 heteroatoms. The molecule has 1 aromatic carbocycles. The van der Waals surface area contributed by atoms with Crippen molar-refractivity contribution < 1.29 is 9.90 Å². The van der Waals surface area contributed by atoms with Crippen LogP contribution in [0, 0.1) is 0 Å². The maximum absolute atomic E-state index is 10.8. The summed E-state index contributed by atoms with van der Waals surface area (Å²) in [4.78, 5) is 10.8. The van der Waals surface area contributed by atoms with Crippen molar-refractivity contribution in [2.75, 3.05) is 0 Å². The SMILES string of the molecule is O=C(O)C1CCC(Cc2ccc(Cl)cc2)N1. The second-order valence-corrected chi connectivity index (χ2v) is 4.60. The Bertz CT molecular complexity index is 377. The van der Waals surface area contributed by atoms with Gasteiger partial charge in [-0.25, -0.2) is 0 Å². The zero-order valence-electron chi connectivity index (χ0n) is 8.82. The van der Waals surface area contributed by atoms with Gasteiger partial charge in [-0.15, -0.1) is 0 Å². The van der Waals surface area contributed by atoms with Crippen LogP contribution < -0.4 is 5.32 Å². The van der Waals surface area contributed by atoms with Crippen LogP contribution in [0.25, 0.3) is 0 Å². The molecule has 2 unspecified atom stereocenters. The molecule has 0 spiro atoms. The number of hydrogen-bond donors (Lipinski definition) is 2. The van der Waals surface area contributed by atoms with Crippen molar-refractivity contribution in [2.24, 2.45) is 0 Å². The molecule has 2 rings (SSSR count). The van der Waals surface area contributed by atoms with Crippen molar-refractivity contribution >= 4 is 17.6 Å². The van der Waals surface area contributed by atoms with E-state index in [9.17, 15) is 4.79 Å². The Balaban J connectivity index is 1.92. The zero-order valence-corrected chi connectivity index (χ0v) is 9.57. The van der Waals surface area contributed by atoms with Gasteiger partial charge in [-0.05, 0) is 37.0 Å². The lowest BCUT2D eigenvalue weighted by molar-refractivity contribution is -0.139. The lowest BCUT2D eigenvalue weighted by Gasteiger charge is -2.11. The maximum Gasteiger partial charge on any atom is 0.320 e. The summed E-state index contributed by atoms with van der Waals surface area (Å²) in [6.07, 6.45) is 2.49. The van der Waals surface area contributed by atoms with E-state index < -0.39 is 5.97 Å². The van der Waals surface area contributed by atoms with Gasteiger partial charge in [-0.3, -0.25) is 4.79 Å². The first-order valence-corrected chi connectivity index (χ1v) is 5.76. The van der Waals surface area contributed by atoms with Gasteiger partial charge in [-0.2, -0.15) is 0 Å². The van der Waals surface area contributed by atoms with Crippen molar-refractivity contribution in [1.29, 1.82) is 0 Å². The highest BCUT2D eigenvalue weighted by Gasteiger charge is 2.28. The molecule has 2 atom stereocenters. The van der Waals surface area contributed by atoms with E-state index in [0.717, 1.165) is 17.9 Å². The molecule has 0 aliphatic carbocycles. The van der Waals surface area contributed by atoms with Crippen molar-refractivity contribution in [2.45, 2.75) is 31.3 Å². The Labute approximate surface area is 99.4 Å². The molecule has 86 valence electrons. The Morgan fingerprint density at radius 3 is 2.62 bits per heavy atom. The lowest BCUT2D eigenvalue weighted by atomic mass is 10.0. The highest BCUT2D eigenvalue weighted by atomic mass is 35.5. The first-order chi connectivity index (χ1) is 7.65. The first kappa shape index (κ1) is 11.4. The average Bonchev–Trinajstić information content (AvgIpc) is 2.70. The lowest BCUT2D eigenvalue weighted by Crippen LogP contribution is -2.36. The second kappa shape index (κ2) is 4.85. The Morgan fingerprint density at radius 2 is 2.06 bits per heavy atom. The van der Waals surface area contributed by atoms with Gasteiger partial charge < -0.3 is 10.4 Å². The molecule has 0 aromatic heterocycles. The topological polar surface area (TPSA) is 49.3 Å². The van der Waals surface area contributed by atoms with Gasteiger partial charge in [0.15, 0.2) is 0 Å². The van der Waals surface area contributed by atoms with Crippen LogP contribution in [0.5, 0.6) is 0 Å². The predicted octanol–water partition coefficient (Wildman–Crippen LogP) is 2.09. The molecule has 16 heavy (non-hydrogen) atoms. The molecule has 1 aromatic rings. The van der Waals surface area contributed by atoms with Crippen LogP contribution in [0.4, 0.5) is 0 Å². The average molecular weight is 240 g/mol. The van der Waals surface area contributed by atoms with E-state index in [4.69, 9.17) is 16.7 Å². The summed E-state index contributed by atoms with van der Waals surface area (Å²) >= 11 is 5.80. The minimum atomic E-state index is -0.751. The monoisotopic (exact) mass is 239 g/mol. The number of benzene rings is 1. The highest BCUT2D eigenvalue weighted by Crippen LogP contribution is 2.18. The summed E-state index contributed by atoms with van der Waals surface area (Å²) < 4.78 is 0. The quantitative estimate of drug-likeness (QED) is 0.849. The van der Waals surface area contributed by atoms with Gasteiger partial charge in [0.25, 0.3) is 0 Å². The number of aliphatic carboxylic acids is 1. The Kier molecular flexibility index (Phi) is 3.46. The highest BCUT2D eigenvalue weighted by molar-refractivity contribution is 6.30. The van der Waals surface area contributed by atoms with Crippen LogP contribution in [0.15, 0.2) is 24.3 Å². The van der Waals surface area contributed by atoms with E-state index in [1.807, 2.05) is 24.3 Å². The summed E-state index contributed by atoms with van der Waals surface area (Å²) in [5, 5.41) is 12.7. The number of rotatable bonds is 3. The predicted molar refractivity (Wildman–Crippen MR) is 62.7 cm³/mol. The van der Waals surface area contributed by atoms with Gasteiger partial charge in [0.05, 0.1) is 0 Å². The summed E-state index contributed by atoms with van der Waals surface area (Å²) in [7, 11) is 0. The Hall–Kier alpha value is -1.06. The van der Waals surface area contributed by atoms with E-state index in [2.05, 4.69) is 5.32 Å². The van der Waals surface area contributed by atoms with Crippen LogP contribution in [0.3, 0.4) is 0 Å². The molecule has 0 saturated carbocycles.